The number of pyridine rings is 1. The number of hydrogen-bond acceptors (Lipinski definition) is 3. The van der Waals surface area contributed by atoms with Crippen LogP contribution in [0.5, 0.6) is 0 Å². The molecule has 20 heavy (non-hydrogen) atoms. The van der Waals surface area contributed by atoms with Gasteiger partial charge in [0, 0.05) is 18.3 Å². The summed E-state index contributed by atoms with van der Waals surface area (Å²) in [5.74, 6) is -0.563. The first-order valence-corrected chi connectivity index (χ1v) is 7.10. The minimum absolute atomic E-state index is 0.109. The predicted molar refractivity (Wildman–Crippen MR) is 72.6 cm³/mol. The highest BCUT2D eigenvalue weighted by molar-refractivity contribution is 5.96. The maximum atomic E-state index is 12.6. The van der Waals surface area contributed by atoms with Crippen molar-refractivity contribution in [1.82, 2.24) is 9.88 Å². The highest BCUT2D eigenvalue weighted by Crippen LogP contribution is 2.40. The van der Waals surface area contributed by atoms with E-state index in [-0.39, 0.29) is 23.2 Å². The van der Waals surface area contributed by atoms with Crippen LogP contribution in [-0.4, -0.2) is 39.0 Å². The Bertz CT molecular complexity index is 550. The van der Waals surface area contributed by atoms with E-state index < -0.39 is 5.97 Å². The molecular formula is C15H18N2O3. The van der Waals surface area contributed by atoms with E-state index in [1.807, 2.05) is 4.90 Å². The summed E-state index contributed by atoms with van der Waals surface area (Å²) in [5.41, 5.74) is 0.350. The molecular weight excluding hydrogens is 256 g/mol. The number of carbonyl (C=O) groups is 2. The van der Waals surface area contributed by atoms with Crippen molar-refractivity contribution in [3.8, 4) is 0 Å². The molecule has 1 unspecified atom stereocenters. The maximum absolute atomic E-state index is 12.6. The molecule has 2 saturated carbocycles. The number of aromatic nitrogens is 1. The minimum Gasteiger partial charge on any atom is -0.478 e. The molecule has 0 spiro atoms. The lowest BCUT2D eigenvalue weighted by Gasteiger charge is -2.29. The van der Waals surface area contributed by atoms with Gasteiger partial charge in [0.15, 0.2) is 0 Å². The summed E-state index contributed by atoms with van der Waals surface area (Å²) < 4.78 is 0. The standard InChI is InChI=1S/C15H18N2O3/c1-9(10-2-3-10)17(12-4-5-12)14(18)13-8-11(15(19)20)6-7-16-13/h6-10,12H,2-5H2,1H3,(H,19,20). The van der Waals surface area contributed by atoms with Gasteiger partial charge in [0.25, 0.3) is 5.91 Å². The Kier molecular flexibility index (Phi) is 3.20. The predicted octanol–water partition coefficient (Wildman–Crippen LogP) is 2.18. The first-order chi connectivity index (χ1) is 9.58. The SMILES string of the molecule is CC(C1CC1)N(C(=O)c1cc(C(=O)O)ccn1)C1CC1. The van der Waals surface area contributed by atoms with Crippen molar-refractivity contribution in [2.24, 2.45) is 5.92 Å². The van der Waals surface area contributed by atoms with E-state index in [9.17, 15) is 9.59 Å². The van der Waals surface area contributed by atoms with E-state index in [4.69, 9.17) is 5.11 Å². The molecule has 0 aromatic carbocycles. The lowest BCUT2D eigenvalue weighted by molar-refractivity contribution is 0.0648. The van der Waals surface area contributed by atoms with Gasteiger partial charge in [-0.1, -0.05) is 0 Å². The number of carbonyl (C=O) groups excluding carboxylic acids is 1. The Morgan fingerprint density at radius 3 is 2.60 bits per heavy atom. The molecule has 3 rings (SSSR count). The molecule has 0 radical (unpaired) electrons. The molecule has 5 heteroatoms. The van der Waals surface area contributed by atoms with E-state index in [2.05, 4.69) is 11.9 Å². The second-order valence-electron chi connectivity index (χ2n) is 5.76. The molecule has 0 saturated heterocycles. The summed E-state index contributed by atoms with van der Waals surface area (Å²) in [6.45, 7) is 2.09. The van der Waals surface area contributed by atoms with Crippen molar-refractivity contribution in [2.75, 3.05) is 0 Å². The average molecular weight is 274 g/mol. The molecule has 1 aromatic heterocycles. The summed E-state index contributed by atoms with van der Waals surface area (Å²) >= 11 is 0. The molecule has 1 atom stereocenters. The summed E-state index contributed by atoms with van der Waals surface area (Å²) in [7, 11) is 0. The zero-order valence-corrected chi connectivity index (χ0v) is 11.5. The van der Waals surface area contributed by atoms with Gasteiger partial charge >= 0.3 is 5.97 Å². The van der Waals surface area contributed by atoms with Gasteiger partial charge in [0.05, 0.1) is 5.56 Å². The number of amides is 1. The Balaban J connectivity index is 1.85. The molecule has 0 aliphatic heterocycles. The van der Waals surface area contributed by atoms with Crippen LogP contribution in [0.3, 0.4) is 0 Å². The number of carboxylic acid groups (broad SMARTS) is 1. The number of aromatic carboxylic acids is 1. The van der Waals surface area contributed by atoms with Crippen LogP contribution in [0, 0.1) is 5.92 Å². The quantitative estimate of drug-likeness (QED) is 0.893. The van der Waals surface area contributed by atoms with E-state index in [1.165, 1.54) is 31.2 Å². The van der Waals surface area contributed by atoms with E-state index in [0.717, 1.165) is 12.8 Å². The molecule has 1 N–H and O–H groups in total. The number of carboxylic acids is 1. The second-order valence-corrected chi connectivity index (χ2v) is 5.76. The third-order valence-corrected chi connectivity index (χ3v) is 4.14. The van der Waals surface area contributed by atoms with Crippen LogP contribution in [0.4, 0.5) is 0 Å². The first kappa shape index (κ1) is 13.1. The Labute approximate surface area is 117 Å². The Morgan fingerprint density at radius 2 is 2.05 bits per heavy atom. The average Bonchev–Trinajstić information content (AvgIpc) is 3.29. The fourth-order valence-electron chi connectivity index (χ4n) is 2.65. The molecule has 2 fully saturated rings. The highest BCUT2D eigenvalue weighted by Gasteiger charge is 2.42. The van der Waals surface area contributed by atoms with Gasteiger partial charge < -0.3 is 10.0 Å². The zero-order valence-electron chi connectivity index (χ0n) is 11.5. The lowest BCUT2D eigenvalue weighted by Crippen LogP contribution is -2.42. The summed E-state index contributed by atoms with van der Waals surface area (Å²) in [6.07, 6.45) is 5.84. The topological polar surface area (TPSA) is 70.5 Å². The van der Waals surface area contributed by atoms with Crippen LogP contribution in [0.25, 0.3) is 0 Å². The first-order valence-electron chi connectivity index (χ1n) is 7.10. The van der Waals surface area contributed by atoms with Crippen LogP contribution in [0.2, 0.25) is 0 Å². The Morgan fingerprint density at radius 1 is 1.35 bits per heavy atom. The normalized spacial score (nSPS) is 19.4. The Hall–Kier alpha value is -1.91. The molecule has 5 nitrogen and oxygen atoms in total. The number of rotatable bonds is 5. The molecule has 1 heterocycles. The van der Waals surface area contributed by atoms with Crippen molar-refractivity contribution in [2.45, 2.75) is 44.7 Å². The van der Waals surface area contributed by atoms with Crippen molar-refractivity contribution >= 4 is 11.9 Å². The maximum Gasteiger partial charge on any atom is 0.335 e. The number of nitrogens with zero attached hydrogens (tertiary/aromatic N) is 2. The molecule has 106 valence electrons. The minimum atomic E-state index is -1.03. The summed E-state index contributed by atoms with van der Waals surface area (Å²) in [6, 6.07) is 3.32. The fraction of sp³-hybridized carbons (Fsp3) is 0.533. The van der Waals surface area contributed by atoms with Crippen LogP contribution >= 0.6 is 0 Å². The molecule has 2 aliphatic rings. The van der Waals surface area contributed by atoms with Gasteiger partial charge in [0.1, 0.15) is 5.69 Å². The van der Waals surface area contributed by atoms with Crippen molar-refractivity contribution in [1.29, 1.82) is 0 Å². The largest absolute Gasteiger partial charge is 0.478 e. The zero-order chi connectivity index (χ0) is 14.3. The van der Waals surface area contributed by atoms with Crippen molar-refractivity contribution in [3.05, 3.63) is 29.6 Å². The van der Waals surface area contributed by atoms with Crippen LogP contribution in [0.1, 0.15) is 53.5 Å². The van der Waals surface area contributed by atoms with Gasteiger partial charge in [-0.15, -0.1) is 0 Å². The van der Waals surface area contributed by atoms with Gasteiger partial charge in [0.2, 0.25) is 0 Å². The van der Waals surface area contributed by atoms with Gasteiger partial charge in [-0.2, -0.15) is 0 Å². The van der Waals surface area contributed by atoms with Gasteiger partial charge in [-0.25, -0.2) is 4.79 Å². The summed E-state index contributed by atoms with van der Waals surface area (Å²) in [5, 5.41) is 9.01. The van der Waals surface area contributed by atoms with E-state index in [0.29, 0.717) is 12.0 Å². The second kappa shape index (κ2) is 4.89. The third-order valence-electron chi connectivity index (χ3n) is 4.14. The fourth-order valence-corrected chi connectivity index (χ4v) is 2.65. The van der Waals surface area contributed by atoms with E-state index >= 15 is 0 Å². The monoisotopic (exact) mass is 274 g/mol. The smallest absolute Gasteiger partial charge is 0.335 e. The van der Waals surface area contributed by atoms with Crippen molar-refractivity contribution in [3.63, 3.8) is 0 Å². The molecule has 1 aromatic rings. The number of hydrogen-bond donors (Lipinski definition) is 1. The van der Waals surface area contributed by atoms with Crippen LogP contribution in [0.15, 0.2) is 18.3 Å². The van der Waals surface area contributed by atoms with Crippen LogP contribution in [-0.2, 0) is 0 Å². The van der Waals surface area contributed by atoms with Crippen LogP contribution < -0.4 is 0 Å². The van der Waals surface area contributed by atoms with Crippen molar-refractivity contribution < 1.29 is 14.7 Å². The van der Waals surface area contributed by atoms with Gasteiger partial charge in [-0.3, -0.25) is 9.78 Å². The molecule has 2 aliphatic carbocycles. The highest BCUT2D eigenvalue weighted by atomic mass is 16.4. The lowest BCUT2D eigenvalue weighted by atomic mass is 10.1. The third kappa shape index (κ3) is 2.53. The molecule has 1 amide bonds. The van der Waals surface area contributed by atoms with E-state index in [1.54, 1.807) is 0 Å². The summed E-state index contributed by atoms with van der Waals surface area (Å²) in [4.78, 5) is 29.6. The molecule has 0 bridgehead atoms. The van der Waals surface area contributed by atoms with Gasteiger partial charge in [-0.05, 0) is 50.7 Å².